The van der Waals surface area contributed by atoms with Gasteiger partial charge < -0.3 is 19.5 Å². The van der Waals surface area contributed by atoms with Gasteiger partial charge in [0.2, 0.25) is 5.91 Å². The molecule has 1 saturated heterocycles. The summed E-state index contributed by atoms with van der Waals surface area (Å²) >= 11 is 6.31. The van der Waals surface area contributed by atoms with Crippen molar-refractivity contribution in [3.8, 4) is 5.88 Å². The molecule has 4 atom stereocenters. The fourth-order valence-corrected chi connectivity index (χ4v) is 4.59. The van der Waals surface area contributed by atoms with Crippen LogP contribution >= 0.6 is 11.6 Å². The molecule has 10 nitrogen and oxygen atoms in total. The number of benzene rings is 1. The summed E-state index contributed by atoms with van der Waals surface area (Å²) in [6, 6.07) is 6.26. The van der Waals surface area contributed by atoms with Crippen LogP contribution in [0.3, 0.4) is 0 Å². The molecule has 1 aromatic heterocycles. The van der Waals surface area contributed by atoms with E-state index in [0.717, 1.165) is 0 Å². The minimum absolute atomic E-state index is 0.0507. The van der Waals surface area contributed by atoms with Crippen LogP contribution in [0, 0.1) is 5.92 Å². The molecule has 1 aliphatic heterocycles. The summed E-state index contributed by atoms with van der Waals surface area (Å²) in [4.78, 5) is 49.3. The van der Waals surface area contributed by atoms with Gasteiger partial charge >= 0.3 is 12.1 Å². The number of likely N-dealkylation sites (tertiary alicyclic amines) is 1. The number of hydrogen-bond donors (Lipinski definition) is 1. The molecule has 2 amide bonds. The van der Waals surface area contributed by atoms with Gasteiger partial charge in [0, 0.05) is 12.3 Å². The lowest BCUT2D eigenvalue weighted by molar-refractivity contribution is -0.149. The second-order valence-corrected chi connectivity index (χ2v) is 10.5. The van der Waals surface area contributed by atoms with E-state index in [9.17, 15) is 14.4 Å². The maximum Gasteiger partial charge on any atom is 0.411 e. The van der Waals surface area contributed by atoms with E-state index in [2.05, 4.69) is 21.9 Å². The lowest BCUT2D eigenvalue weighted by Gasteiger charge is -2.28. The summed E-state index contributed by atoms with van der Waals surface area (Å²) in [5, 5.41) is 2.89. The van der Waals surface area contributed by atoms with Crippen molar-refractivity contribution < 1.29 is 28.6 Å². The number of nitrogens with zero attached hydrogens (tertiary/aromatic N) is 3. The van der Waals surface area contributed by atoms with Gasteiger partial charge in [-0.15, -0.1) is 6.58 Å². The molecule has 198 valence electrons. The Hall–Kier alpha value is -3.40. The molecule has 1 aliphatic carbocycles. The van der Waals surface area contributed by atoms with E-state index >= 15 is 0 Å². The first kappa shape index (κ1) is 26.7. The number of aromatic nitrogens is 2. The Morgan fingerprint density at radius 1 is 1.24 bits per heavy atom. The van der Waals surface area contributed by atoms with Crippen LogP contribution in [0.1, 0.15) is 40.5 Å². The summed E-state index contributed by atoms with van der Waals surface area (Å²) in [7, 11) is 0. The number of halogens is 1. The summed E-state index contributed by atoms with van der Waals surface area (Å²) in [6.07, 6.45) is 0.833. The number of amides is 2. The highest BCUT2D eigenvalue weighted by molar-refractivity contribution is 6.31. The largest absolute Gasteiger partial charge is 0.470 e. The van der Waals surface area contributed by atoms with Crippen LogP contribution < -0.4 is 10.1 Å². The molecule has 2 heterocycles. The number of nitrogens with one attached hydrogen (secondary N) is 1. The number of esters is 1. The molecule has 2 fully saturated rings. The summed E-state index contributed by atoms with van der Waals surface area (Å²) < 4.78 is 16.8. The third-order valence-electron chi connectivity index (χ3n) is 6.26. The summed E-state index contributed by atoms with van der Waals surface area (Å²) in [6.45, 7) is 10.9. The quantitative estimate of drug-likeness (QED) is 0.425. The fraction of sp³-hybridized carbons (Fsp3) is 0.500. The van der Waals surface area contributed by atoms with Gasteiger partial charge in [0.1, 0.15) is 23.3 Å². The van der Waals surface area contributed by atoms with Crippen molar-refractivity contribution in [2.75, 3.05) is 13.2 Å². The highest BCUT2D eigenvalue weighted by Gasteiger charge is 2.62. The van der Waals surface area contributed by atoms with Crippen LogP contribution in [-0.4, -0.2) is 69.3 Å². The Morgan fingerprint density at radius 3 is 2.51 bits per heavy atom. The van der Waals surface area contributed by atoms with Crippen LogP contribution in [0.4, 0.5) is 4.79 Å². The topological polar surface area (TPSA) is 120 Å². The van der Waals surface area contributed by atoms with Crippen molar-refractivity contribution in [1.29, 1.82) is 0 Å². The van der Waals surface area contributed by atoms with Crippen LogP contribution in [0.5, 0.6) is 5.88 Å². The van der Waals surface area contributed by atoms with Crippen LogP contribution in [0.2, 0.25) is 5.15 Å². The Balaban J connectivity index is 1.56. The lowest BCUT2D eigenvalue weighted by Crippen LogP contribution is -2.53. The number of para-hydroxylation sites is 2. The van der Waals surface area contributed by atoms with E-state index in [1.54, 1.807) is 45.9 Å². The molecular formula is C26H31ClN4O6. The van der Waals surface area contributed by atoms with Crippen LogP contribution in [0.25, 0.3) is 11.0 Å². The average Bonchev–Trinajstić information content (AvgIpc) is 3.37. The van der Waals surface area contributed by atoms with Gasteiger partial charge in [-0.1, -0.05) is 29.8 Å². The van der Waals surface area contributed by atoms with E-state index < -0.39 is 41.3 Å². The first-order valence-corrected chi connectivity index (χ1v) is 12.6. The van der Waals surface area contributed by atoms with Gasteiger partial charge in [-0.3, -0.25) is 9.69 Å². The van der Waals surface area contributed by atoms with Crippen molar-refractivity contribution in [2.24, 2.45) is 5.92 Å². The van der Waals surface area contributed by atoms with Gasteiger partial charge in [0.05, 0.1) is 24.2 Å². The predicted molar refractivity (Wildman–Crippen MR) is 136 cm³/mol. The Bertz CT molecular complexity index is 1230. The molecule has 0 unspecified atom stereocenters. The SMILES string of the molecule is C=C[C@@H]1C[C@]1(NC(=O)[C@@H]1C[C@@H](Oc2nc3ccccc3nc2Cl)CN1C(=O)OC(C)(C)C)C(=O)OCC. The van der Waals surface area contributed by atoms with Crippen LogP contribution in [-0.2, 0) is 19.1 Å². The van der Waals surface area contributed by atoms with Gasteiger partial charge in [-0.2, -0.15) is 0 Å². The standard InChI is InChI=1S/C26H31ClN4O6/c1-6-15-13-26(15,23(33)35-7-2)30-21(32)19-12-16(14-31(19)24(34)37-25(3,4)5)36-22-20(27)28-17-10-8-9-11-18(17)29-22/h6,8-11,15-16,19H,1,7,12-14H2,2-5H3,(H,30,32)/t15-,16-,19+,26-/m1/s1. The molecule has 1 saturated carbocycles. The van der Waals surface area contributed by atoms with E-state index in [1.165, 1.54) is 4.90 Å². The smallest absolute Gasteiger partial charge is 0.411 e. The van der Waals surface area contributed by atoms with Crippen LogP contribution in [0.15, 0.2) is 36.9 Å². The summed E-state index contributed by atoms with van der Waals surface area (Å²) in [5.41, 5.74) is -0.760. The number of fused-ring (bicyclic) bond motifs is 1. The first-order chi connectivity index (χ1) is 17.5. The number of hydrogen-bond acceptors (Lipinski definition) is 8. The number of rotatable bonds is 7. The second-order valence-electron chi connectivity index (χ2n) is 10.2. The van der Waals surface area contributed by atoms with Gasteiger partial charge in [0.25, 0.3) is 5.88 Å². The highest BCUT2D eigenvalue weighted by atomic mass is 35.5. The number of carbonyl (C=O) groups excluding carboxylic acids is 3. The van der Waals surface area contributed by atoms with Crippen molar-refractivity contribution in [1.82, 2.24) is 20.2 Å². The highest BCUT2D eigenvalue weighted by Crippen LogP contribution is 2.45. The first-order valence-electron chi connectivity index (χ1n) is 12.2. The van der Waals surface area contributed by atoms with Crippen molar-refractivity contribution in [3.63, 3.8) is 0 Å². The normalized spacial score (nSPS) is 24.9. The zero-order valence-corrected chi connectivity index (χ0v) is 22.1. The minimum atomic E-state index is -1.19. The molecular weight excluding hydrogens is 500 g/mol. The zero-order valence-electron chi connectivity index (χ0n) is 21.3. The number of ether oxygens (including phenoxy) is 3. The third-order valence-corrected chi connectivity index (χ3v) is 6.50. The molecule has 0 spiro atoms. The Labute approximate surface area is 220 Å². The Morgan fingerprint density at radius 2 is 1.92 bits per heavy atom. The summed E-state index contributed by atoms with van der Waals surface area (Å²) in [5.74, 6) is -1.19. The molecule has 11 heteroatoms. The number of carbonyl (C=O) groups is 3. The maximum absolute atomic E-state index is 13.5. The monoisotopic (exact) mass is 530 g/mol. The van der Waals surface area contributed by atoms with Gasteiger partial charge in [-0.25, -0.2) is 19.6 Å². The Kier molecular flexibility index (Phi) is 7.32. The van der Waals surface area contributed by atoms with E-state index in [0.29, 0.717) is 17.5 Å². The predicted octanol–water partition coefficient (Wildman–Crippen LogP) is 3.66. The molecule has 37 heavy (non-hydrogen) atoms. The van der Waals surface area contributed by atoms with Crippen molar-refractivity contribution in [2.45, 2.75) is 63.8 Å². The molecule has 2 aromatic rings. The molecule has 0 bridgehead atoms. The minimum Gasteiger partial charge on any atom is -0.470 e. The van der Waals surface area contributed by atoms with Gasteiger partial charge in [-0.05, 0) is 46.2 Å². The molecule has 1 N–H and O–H groups in total. The van der Waals surface area contributed by atoms with Gasteiger partial charge in [0.15, 0.2) is 5.15 Å². The maximum atomic E-state index is 13.5. The van der Waals surface area contributed by atoms with E-state index in [-0.39, 0.29) is 36.5 Å². The van der Waals surface area contributed by atoms with E-state index in [4.69, 9.17) is 25.8 Å². The van der Waals surface area contributed by atoms with E-state index in [1.807, 2.05) is 12.1 Å². The zero-order chi connectivity index (χ0) is 27.0. The average molecular weight is 531 g/mol. The molecule has 0 radical (unpaired) electrons. The van der Waals surface area contributed by atoms with Crippen molar-refractivity contribution in [3.05, 3.63) is 42.1 Å². The molecule has 1 aromatic carbocycles. The lowest BCUT2D eigenvalue weighted by atomic mass is 10.1. The molecule has 4 rings (SSSR count). The fourth-order valence-electron chi connectivity index (χ4n) is 4.41. The van der Waals surface area contributed by atoms with Crippen molar-refractivity contribution >= 4 is 40.6 Å². The second kappa shape index (κ2) is 10.2. The molecule has 2 aliphatic rings. The third kappa shape index (κ3) is 5.64.